The average Bonchev–Trinajstić information content (AvgIpc) is 2.63. The van der Waals surface area contributed by atoms with Gasteiger partial charge in [0.05, 0.1) is 11.0 Å². The minimum absolute atomic E-state index is 0.0551. The first-order valence-electron chi connectivity index (χ1n) is 11.9. The van der Waals surface area contributed by atoms with E-state index in [1.54, 1.807) is 6.07 Å². The molecule has 1 heterocycles. The maximum atomic E-state index is 14.2. The number of nitrogens with zero attached hydrogens (tertiary/aromatic N) is 1. The molecule has 0 spiro atoms. The predicted molar refractivity (Wildman–Crippen MR) is 115 cm³/mol. The van der Waals surface area contributed by atoms with Crippen LogP contribution < -0.4 is 0 Å². The number of carbonyl (C=O) groups is 1. The molecule has 30 heavy (non-hydrogen) atoms. The summed E-state index contributed by atoms with van der Waals surface area (Å²) in [5.74, 6) is 1.70. The fourth-order valence-corrected chi connectivity index (χ4v) is 8.94. The van der Waals surface area contributed by atoms with Gasteiger partial charge in [0.1, 0.15) is 5.75 Å². The fourth-order valence-electron chi connectivity index (χ4n) is 8.94. The third kappa shape index (κ3) is 2.24. The summed E-state index contributed by atoms with van der Waals surface area (Å²) in [7, 11) is 0. The highest BCUT2D eigenvalue weighted by atomic mass is 16.3. The van der Waals surface area contributed by atoms with Crippen molar-refractivity contribution in [3.05, 3.63) is 29.3 Å². The number of phenols is 1. The van der Waals surface area contributed by atoms with Gasteiger partial charge in [0.25, 0.3) is 0 Å². The van der Waals surface area contributed by atoms with E-state index < -0.39 is 5.60 Å². The largest absolute Gasteiger partial charge is 0.508 e. The number of phenolic OH excluding ortho intramolecular Hbond substituents is 1. The molecule has 1 aliphatic heterocycles. The van der Waals surface area contributed by atoms with Crippen molar-refractivity contribution in [1.82, 2.24) is 4.90 Å². The normalized spacial score (nSPS) is 45.3. The lowest BCUT2D eigenvalue weighted by molar-refractivity contribution is -0.193. The van der Waals surface area contributed by atoms with Crippen LogP contribution in [0.15, 0.2) is 18.2 Å². The van der Waals surface area contributed by atoms with Gasteiger partial charge >= 0.3 is 0 Å². The van der Waals surface area contributed by atoms with E-state index in [1.165, 1.54) is 12.0 Å². The van der Waals surface area contributed by atoms with Gasteiger partial charge in [-0.05, 0) is 85.8 Å². The van der Waals surface area contributed by atoms with Crippen molar-refractivity contribution in [2.75, 3.05) is 6.54 Å². The smallest absolute Gasteiger partial charge is 0.229 e. The highest BCUT2D eigenvalue weighted by Gasteiger charge is 2.64. The maximum Gasteiger partial charge on any atom is 0.229 e. The van der Waals surface area contributed by atoms with Gasteiger partial charge in [0, 0.05) is 18.0 Å². The molecule has 1 saturated heterocycles. The second-order valence-corrected chi connectivity index (χ2v) is 12.3. The molecule has 4 nitrogen and oxygen atoms in total. The van der Waals surface area contributed by atoms with Crippen LogP contribution in [0.25, 0.3) is 0 Å². The molecule has 4 atom stereocenters. The van der Waals surface area contributed by atoms with Gasteiger partial charge in [-0.15, -0.1) is 0 Å². The Labute approximate surface area is 179 Å². The first-order valence-corrected chi connectivity index (χ1v) is 11.9. The minimum atomic E-state index is -0.614. The molecule has 0 radical (unpaired) electrons. The Hall–Kier alpha value is -1.55. The molecule has 2 N–H and O–H groups in total. The summed E-state index contributed by atoms with van der Waals surface area (Å²) in [6, 6.07) is 6.02. The Balaban J connectivity index is 1.40. The first-order chi connectivity index (χ1) is 14.1. The van der Waals surface area contributed by atoms with Crippen LogP contribution >= 0.6 is 0 Å². The Morgan fingerprint density at radius 1 is 1.10 bits per heavy atom. The number of benzene rings is 1. The summed E-state index contributed by atoms with van der Waals surface area (Å²) < 4.78 is 0. The number of hydrogen-bond acceptors (Lipinski definition) is 3. The molecule has 1 amide bonds. The van der Waals surface area contributed by atoms with Crippen LogP contribution in [-0.4, -0.2) is 39.2 Å². The van der Waals surface area contributed by atoms with E-state index in [1.807, 2.05) is 6.07 Å². The van der Waals surface area contributed by atoms with E-state index in [4.69, 9.17) is 0 Å². The topological polar surface area (TPSA) is 60.8 Å². The molecule has 5 aliphatic carbocycles. The van der Waals surface area contributed by atoms with Crippen LogP contribution in [0.1, 0.15) is 76.8 Å². The molecule has 5 fully saturated rings. The van der Waals surface area contributed by atoms with E-state index in [0.29, 0.717) is 29.9 Å². The van der Waals surface area contributed by atoms with Crippen molar-refractivity contribution < 1.29 is 15.0 Å². The molecule has 4 saturated carbocycles. The highest BCUT2D eigenvalue weighted by Crippen LogP contribution is 2.64. The molecular weight excluding hydrogens is 374 g/mol. The molecular formula is C26H35NO3. The monoisotopic (exact) mass is 409 g/mol. The van der Waals surface area contributed by atoms with Crippen LogP contribution in [-0.2, 0) is 16.6 Å². The summed E-state index contributed by atoms with van der Waals surface area (Å²) in [4.78, 5) is 16.4. The van der Waals surface area contributed by atoms with Crippen molar-refractivity contribution in [2.45, 2.75) is 89.2 Å². The zero-order valence-electron chi connectivity index (χ0n) is 18.6. The van der Waals surface area contributed by atoms with E-state index in [0.717, 1.165) is 50.6 Å². The standard InChI is InChI=1S/C26H35NO3/c1-23(2)21-10-18-19(5-4-6-20(18)28)24(23,3)7-8-27(21)22(29)25-11-16-9-17(12-25)14-26(30,13-16)15-25/h4-6,16-17,21,28,30H,7-15H2,1-3H3/t16?,17?,21-,24-,25?,26?/m0/s1. The second-order valence-electron chi connectivity index (χ2n) is 12.3. The second kappa shape index (κ2) is 5.62. The van der Waals surface area contributed by atoms with Crippen LogP contribution in [0.5, 0.6) is 5.75 Å². The minimum Gasteiger partial charge on any atom is -0.508 e. The molecule has 2 unspecified atom stereocenters. The SMILES string of the molecule is CC1(C)[C@@H]2Cc3c(O)cccc3[C@]1(C)CCN2C(=O)C12CC3CC(CC(O)(C3)C1)C2. The zero-order valence-corrected chi connectivity index (χ0v) is 18.6. The van der Waals surface area contributed by atoms with Crippen molar-refractivity contribution in [3.8, 4) is 5.75 Å². The van der Waals surface area contributed by atoms with Crippen molar-refractivity contribution >= 4 is 5.91 Å². The lowest BCUT2D eigenvalue weighted by atomic mass is 9.46. The van der Waals surface area contributed by atoms with Crippen molar-refractivity contribution in [1.29, 1.82) is 0 Å². The summed E-state index contributed by atoms with van der Waals surface area (Å²) in [6.45, 7) is 7.75. The Morgan fingerprint density at radius 3 is 2.47 bits per heavy atom. The summed E-state index contributed by atoms with van der Waals surface area (Å²) in [6.07, 6.45) is 7.23. The Morgan fingerprint density at radius 2 is 1.80 bits per heavy atom. The summed E-state index contributed by atoms with van der Waals surface area (Å²) in [5, 5.41) is 21.8. The van der Waals surface area contributed by atoms with Gasteiger partial charge in [0.2, 0.25) is 5.91 Å². The predicted octanol–water partition coefficient (Wildman–Crippen LogP) is 4.16. The summed E-state index contributed by atoms with van der Waals surface area (Å²) in [5.41, 5.74) is 1.20. The fraction of sp³-hybridized carbons (Fsp3) is 0.731. The molecule has 6 bridgehead atoms. The highest BCUT2D eigenvalue weighted by molar-refractivity contribution is 5.84. The lowest BCUT2D eigenvalue weighted by Gasteiger charge is -2.64. The average molecular weight is 410 g/mol. The molecule has 7 rings (SSSR count). The number of aromatic hydroxyl groups is 1. The number of aliphatic hydroxyl groups is 1. The van der Waals surface area contributed by atoms with Gasteiger partial charge in [0.15, 0.2) is 0 Å². The first kappa shape index (κ1) is 19.2. The number of amides is 1. The number of carbonyl (C=O) groups excluding carboxylic acids is 1. The van der Waals surface area contributed by atoms with Gasteiger partial charge in [-0.3, -0.25) is 4.79 Å². The van der Waals surface area contributed by atoms with Gasteiger partial charge in [-0.25, -0.2) is 0 Å². The van der Waals surface area contributed by atoms with Crippen molar-refractivity contribution in [2.24, 2.45) is 22.7 Å². The van der Waals surface area contributed by atoms with Gasteiger partial charge in [-0.1, -0.05) is 32.9 Å². The van der Waals surface area contributed by atoms with E-state index in [-0.39, 0.29) is 22.3 Å². The van der Waals surface area contributed by atoms with E-state index in [2.05, 4.69) is 31.7 Å². The van der Waals surface area contributed by atoms with Crippen molar-refractivity contribution in [3.63, 3.8) is 0 Å². The Kier molecular flexibility index (Phi) is 3.59. The number of rotatable bonds is 1. The number of hydrogen-bond donors (Lipinski definition) is 2. The third-order valence-electron chi connectivity index (χ3n) is 10.4. The quantitative estimate of drug-likeness (QED) is 0.732. The molecule has 1 aromatic rings. The van der Waals surface area contributed by atoms with Crippen LogP contribution in [0.4, 0.5) is 0 Å². The van der Waals surface area contributed by atoms with Gasteiger partial charge in [-0.2, -0.15) is 0 Å². The number of fused-ring (bicyclic) bond motifs is 4. The molecule has 4 heteroatoms. The Bertz CT molecular complexity index is 922. The van der Waals surface area contributed by atoms with Crippen LogP contribution in [0.2, 0.25) is 0 Å². The summed E-state index contributed by atoms with van der Waals surface area (Å²) >= 11 is 0. The zero-order chi connectivity index (χ0) is 21.1. The number of likely N-dealkylation sites (tertiary alicyclic amines) is 1. The number of piperidine rings is 1. The van der Waals surface area contributed by atoms with Crippen LogP contribution in [0, 0.1) is 22.7 Å². The van der Waals surface area contributed by atoms with E-state index >= 15 is 0 Å². The molecule has 1 aromatic carbocycles. The lowest BCUT2D eigenvalue weighted by Crippen LogP contribution is -2.68. The molecule has 0 aromatic heterocycles. The molecule has 162 valence electrons. The maximum absolute atomic E-state index is 14.2. The molecule has 6 aliphatic rings. The third-order valence-corrected chi connectivity index (χ3v) is 10.4. The van der Waals surface area contributed by atoms with E-state index in [9.17, 15) is 15.0 Å². The van der Waals surface area contributed by atoms with Crippen LogP contribution in [0.3, 0.4) is 0 Å². The van der Waals surface area contributed by atoms with Gasteiger partial charge < -0.3 is 15.1 Å².